The second-order valence-corrected chi connectivity index (χ2v) is 5.38. The number of rotatable bonds is 3. The molecule has 3 rings (SSSR count). The molecule has 106 valence electrons. The van der Waals surface area contributed by atoms with Crippen LogP contribution in [0.2, 0.25) is 0 Å². The second-order valence-electron chi connectivity index (χ2n) is 5.38. The fraction of sp³-hybridized carbons (Fsp3) is 0.167. The fourth-order valence-corrected chi connectivity index (χ4v) is 2.65. The predicted octanol–water partition coefficient (Wildman–Crippen LogP) is 4.34. The summed E-state index contributed by atoms with van der Waals surface area (Å²) in [7, 11) is 0. The van der Waals surface area contributed by atoms with Gasteiger partial charge in [0.25, 0.3) is 0 Å². The van der Waals surface area contributed by atoms with Crippen molar-refractivity contribution in [3.8, 4) is 0 Å². The van der Waals surface area contributed by atoms with Crippen LogP contribution in [0, 0.1) is 12.7 Å². The van der Waals surface area contributed by atoms with Crippen LogP contribution < -0.4 is 0 Å². The van der Waals surface area contributed by atoms with Crippen LogP contribution in [0.25, 0.3) is 10.9 Å². The summed E-state index contributed by atoms with van der Waals surface area (Å²) in [6, 6.07) is 12.6. The zero-order chi connectivity index (χ0) is 15.0. The first-order valence-electron chi connectivity index (χ1n) is 6.89. The predicted molar refractivity (Wildman–Crippen MR) is 82.2 cm³/mol. The summed E-state index contributed by atoms with van der Waals surface area (Å²) in [4.78, 5) is 11.8. The van der Waals surface area contributed by atoms with Crippen molar-refractivity contribution in [3.63, 3.8) is 0 Å². The Bertz CT molecular complexity index is 832. The minimum absolute atomic E-state index is 0.0450. The quantitative estimate of drug-likeness (QED) is 0.655. The Morgan fingerprint density at radius 1 is 1.19 bits per heavy atom. The van der Waals surface area contributed by atoms with Gasteiger partial charge < -0.3 is 4.57 Å². The van der Waals surface area contributed by atoms with Crippen molar-refractivity contribution in [1.29, 1.82) is 0 Å². The highest BCUT2D eigenvalue weighted by atomic mass is 19.1. The number of halogens is 1. The molecule has 0 saturated carbocycles. The largest absolute Gasteiger partial charge is 0.342 e. The molecule has 0 amide bonds. The number of nitrogens with zero attached hydrogens (tertiary/aromatic N) is 1. The van der Waals surface area contributed by atoms with E-state index in [1.165, 1.54) is 12.1 Å². The standard InChI is InChI=1S/C18H16FNO/c1-12-6-7-18-16(8-12)17(13(2)21)11-20(18)10-14-4-3-5-15(19)9-14/h3-9,11H,10H2,1-2H3. The molecule has 3 heteroatoms. The van der Waals surface area contributed by atoms with Gasteiger partial charge in [0.05, 0.1) is 0 Å². The normalized spacial score (nSPS) is 11.0. The van der Waals surface area contributed by atoms with E-state index in [2.05, 4.69) is 0 Å². The van der Waals surface area contributed by atoms with Gasteiger partial charge in [-0.25, -0.2) is 4.39 Å². The van der Waals surface area contributed by atoms with Crippen LogP contribution in [0.3, 0.4) is 0 Å². The van der Waals surface area contributed by atoms with Crippen molar-refractivity contribution in [2.24, 2.45) is 0 Å². The molecule has 21 heavy (non-hydrogen) atoms. The van der Waals surface area contributed by atoms with Gasteiger partial charge in [-0.05, 0) is 43.7 Å². The molecule has 0 aliphatic carbocycles. The average Bonchev–Trinajstić information content (AvgIpc) is 2.77. The average molecular weight is 281 g/mol. The lowest BCUT2D eigenvalue weighted by Crippen LogP contribution is -1.98. The third-order valence-electron chi connectivity index (χ3n) is 3.66. The van der Waals surface area contributed by atoms with Gasteiger partial charge in [-0.3, -0.25) is 4.79 Å². The molecule has 0 radical (unpaired) electrons. The highest BCUT2D eigenvalue weighted by Gasteiger charge is 2.12. The van der Waals surface area contributed by atoms with E-state index < -0.39 is 0 Å². The Morgan fingerprint density at radius 2 is 2.00 bits per heavy atom. The first-order valence-corrected chi connectivity index (χ1v) is 6.89. The summed E-state index contributed by atoms with van der Waals surface area (Å²) in [5.41, 5.74) is 3.70. The van der Waals surface area contributed by atoms with E-state index >= 15 is 0 Å². The zero-order valence-electron chi connectivity index (χ0n) is 12.1. The van der Waals surface area contributed by atoms with Crippen molar-refractivity contribution in [3.05, 3.63) is 71.2 Å². The minimum Gasteiger partial charge on any atom is -0.342 e. The molecule has 0 spiro atoms. The highest BCUT2D eigenvalue weighted by molar-refractivity contribution is 6.07. The van der Waals surface area contributed by atoms with Gasteiger partial charge in [0.1, 0.15) is 5.82 Å². The molecule has 0 atom stereocenters. The lowest BCUT2D eigenvalue weighted by atomic mass is 10.1. The number of benzene rings is 2. The number of carbonyl (C=O) groups excluding carboxylic acids is 1. The molecular weight excluding hydrogens is 265 g/mol. The van der Waals surface area contributed by atoms with Gasteiger partial charge in [-0.1, -0.05) is 23.8 Å². The maximum Gasteiger partial charge on any atom is 0.161 e. The Hall–Kier alpha value is -2.42. The monoisotopic (exact) mass is 281 g/mol. The molecule has 3 aromatic rings. The van der Waals surface area contributed by atoms with Gasteiger partial charge >= 0.3 is 0 Å². The number of aryl methyl sites for hydroxylation is 1. The first kappa shape index (κ1) is 13.6. The van der Waals surface area contributed by atoms with Crippen LogP contribution in [0.4, 0.5) is 4.39 Å². The van der Waals surface area contributed by atoms with E-state index in [4.69, 9.17) is 0 Å². The molecule has 0 N–H and O–H groups in total. The van der Waals surface area contributed by atoms with Crippen LogP contribution in [0.5, 0.6) is 0 Å². The smallest absolute Gasteiger partial charge is 0.161 e. The summed E-state index contributed by atoms with van der Waals surface area (Å²) in [5, 5.41) is 0.957. The minimum atomic E-state index is -0.244. The SMILES string of the molecule is CC(=O)c1cn(Cc2cccc(F)c2)c2ccc(C)cc12. The molecule has 1 heterocycles. The molecule has 0 fully saturated rings. The Morgan fingerprint density at radius 3 is 2.71 bits per heavy atom. The number of hydrogen-bond acceptors (Lipinski definition) is 1. The summed E-state index contributed by atoms with van der Waals surface area (Å²) in [6.45, 7) is 4.13. The number of Topliss-reactive ketones (excluding diaryl/α,β-unsaturated/α-hetero) is 1. The van der Waals surface area contributed by atoms with Crippen LogP contribution in [0.1, 0.15) is 28.4 Å². The molecule has 0 bridgehead atoms. The summed E-state index contributed by atoms with van der Waals surface area (Å²) in [6.07, 6.45) is 1.86. The lowest BCUT2D eigenvalue weighted by molar-refractivity contribution is 0.101. The summed E-state index contributed by atoms with van der Waals surface area (Å²) in [5.74, 6) is -0.199. The van der Waals surface area contributed by atoms with Gasteiger partial charge in [0, 0.05) is 29.2 Å². The van der Waals surface area contributed by atoms with E-state index in [1.54, 1.807) is 13.0 Å². The maximum atomic E-state index is 13.3. The molecule has 2 nitrogen and oxygen atoms in total. The number of ketones is 1. The second kappa shape index (κ2) is 5.17. The van der Waals surface area contributed by atoms with Crippen molar-refractivity contribution in [1.82, 2.24) is 4.57 Å². The van der Waals surface area contributed by atoms with Gasteiger partial charge in [-0.15, -0.1) is 0 Å². The molecule has 0 saturated heterocycles. The fourth-order valence-electron chi connectivity index (χ4n) is 2.65. The third kappa shape index (κ3) is 2.59. The van der Waals surface area contributed by atoms with Crippen molar-refractivity contribution in [2.45, 2.75) is 20.4 Å². The third-order valence-corrected chi connectivity index (χ3v) is 3.66. The van der Waals surface area contributed by atoms with Gasteiger partial charge in [-0.2, -0.15) is 0 Å². The Kier molecular flexibility index (Phi) is 3.34. The molecule has 0 aliphatic rings. The first-order chi connectivity index (χ1) is 10.0. The zero-order valence-corrected chi connectivity index (χ0v) is 12.1. The molecular formula is C18H16FNO. The Labute approximate surface area is 122 Å². The Balaban J connectivity index is 2.12. The van der Waals surface area contributed by atoms with E-state index in [9.17, 15) is 9.18 Å². The summed E-state index contributed by atoms with van der Waals surface area (Å²) < 4.78 is 15.3. The van der Waals surface area contributed by atoms with Crippen LogP contribution in [-0.4, -0.2) is 10.4 Å². The molecule has 1 aromatic heterocycles. The lowest BCUT2D eigenvalue weighted by Gasteiger charge is -2.06. The van der Waals surface area contributed by atoms with Gasteiger partial charge in [0.2, 0.25) is 0 Å². The van der Waals surface area contributed by atoms with Crippen LogP contribution in [0.15, 0.2) is 48.7 Å². The number of fused-ring (bicyclic) bond motifs is 1. The number of hydrogen-bond donors (Lipinski definition) is 0. The van der Waals surface area contributed by atoms with Crippen molar-refractivity contribution >= 4 is 16.7 Å². The van der Waals surface area contributed by atoms with Crippen molar-refractivity contribution < 1.29 is 9.18 Å². The van der Waals surface area contributed by atoms with E-state index in [0.717, 1.165) is 22.0 Å². The van der Waals surface area contributed by atoms with E-state index in [1.807, 2.05) is 42.0 Å². The van der Waals surface area contributed by atoms with Crippen molar-refractivity contribution in [2.75, 3.05) is 0 Å². The topological polar surface area (TPSA) is 22.0 Å². The number of aromatic nitrogens is 1. The molecule has 0 aliphatic heterocycles. The molecule has 2 aromatic carbocycles. The van der Waals surface area contributed by atoms with Crippen LogP contribution in [-0.2, 0) is 6.54 Å². The van der Waals surface area contributed by atoms with Crippen LogP contribution >= 0.6 is 0 Å². The van der Waals surface area contributed by atoms with Gasteiger partial charge in [0.15, 0.2) is 5.78 Å². The summed E-state index contributed by atoms with van der Waals surface area (Å²) >= 11 is 0. The van der Waals surface area contributed by atoms with E-state index in [-0.39, 0.29) is 11.6 Å². The number of carbonyl (C=O) groups is 1. The highest BCUT2D eigenvalue weighted by Crippen LogP contribution is 2.24. The maximum absolute atomic E-state index is 13.3. The molecule has 0 unspecified atom stereocenters. The van der Waals surface area contributed by atoms with E-state index in [0.29, 0.717) is 12.1 Å².